The average molecular weight is 272 g/mol. The van der Waals surface area contributed by atoms with E-state index >= 15 is 0 Å². The van der Waals surface area contributed by atoms with Crippen molar-refractivity contribution in [3.63, 3.8) is 0 Å². The Bertz CT molecular complexity index is 255. The summed E-state index contributed by atoms with van der Waals surface area (Å²) in [7, 11) is 1.54. The van der Waals surface area contributed by atoms with Crippen LogP contribution in [0.5, 0.6) is 0 Å². The molecule has 1 amide bonds. The molecule has 0 aliphatic carbocycles. The van der Waals surface area contributed by atoms with E-state index in [-0.39, 0.29) is 18.6 Å². The van der Waals surface area contributed by atoms with Crippen LogP contribution in [0.1, 0.15) is 52.4 Å². The summed E-state index contributed by atoms with van der Waals surface area (Å²) in [6.07, 6.45) is 6.16. The first kappa shape index (κ1) is 17.9. The van der Waals surface area contributed by atoms with Gasteiger partial charge >= 0.3 is 0 Å². The zero-order chi connectivity index (χ0) is 14.5. The SMILES string of the molecule is COC(=N)CCCCCCCNC(=O)COC(C)C. The van der Waals surface area contributed by atoms with Gasteiger partial charge in [0.1, 0.15) is 6.61 Å². The van der Waals surface area contributed by atoms with Gasteiger partial charge in [0.2, 0.25) is 5.91 Å². The fourth-order valence-corrected chi connectivity index (χ4v) is 1.56. The van der Waals surface area contributed by atoms with Gasteiger partial charge in [-0.05, 0) is 26.7 Å². The summed E-state index contributed by atoms with van der Waals surface area (Å²) < 4.78 is 9.99. The number of rotatable bonds is 11. The number of nitrogens with one attached hydrogen (secondary N) is 2. The molecule has 2 N–H and O–H groups in total. The largest absolute Gasteiger partial charge is 0.484 e. The third kappa shape index (κ3) is 13.1. The predicted octanol–water partition coefficient (Wildman–Crippen LogP) is 2.49. The Labute approximate surface area is 116 Å². The van der Waals surface area contributed by atoms with Crippen molar-refractivity contribution in [2.75, 3.05) is 20.3 Å². The Morgan fingerprint density at radius 2 is 1.79 bits per heavy atom. The first-order chi connectivity index (χ1) is 9.06. The van der Waals surface area contributed by atoms with Crippen molar-refractivity contribution >= 4 is 11.8 Å². The topological polar surface area (TPSA) is 71.4 Å². The maximum atomic E-state index is 11.3. The molecule has 0 unspecified atom stereocenters. The summed E-state index contributed by atoms with van der Waals surface area (Å²) in [5.74, 6) is 0.319. The molecule has 0 aromatic rings. The van der Waals surface area contributed by atoms with Crippen molar-refractivity contribution in [3.8, 4) is 0 Å². The van der Waals surface area contributed by atoms with Crippen molar-refractivity contribution in [3.05, 3.63) is 0 Å². The normalized spacial score (nSPS) is 10.5. The monoisotopic (exact) mass is 272 g/mol. The lowest BCUT2D eigenvalue weighted by Crippen LogP contribution is -2.29. The molecule has 19 heavy (non-hydrogen) atoms. The van der Waals surface area contributed by atoms with Crippen LogP contribution in [0.3, 0.4) is 0 Å². The van der Waals surface area contributed by atoms with E-state index < -0.39 is 0 Å². The van der Waals surface area contributed by atoms with Gasteiger partial charge in [0.05, 0.1) is 13.2 Å². The first-order valence-electron chi connectivity index (χ1n) is 7.06. The summed E-state index contributed by atoms with van der Waals surface area (Å²) in [4.78, 5) is 11.3. The van der Waals surface area contributed by atoms with Crippen LogP contribution < -0.4 is 5.32 Å². The third-order valence-corrected chi connectivity index (χ3v) is 2.70. The van der Waals surface area contributed by atoms with Crippen LogP contribution in [0, 0.1) is 5.41 Å². The molecular formula is C14H28N2O3. The molecule has 0 spiro atoms. The van der Waals surface area contributed by atoms with Crippen molar-refractivity contribution in [2.45, 2.75) is 58.5 Å². The summed E-state index contributed by atoms with van der Waals surface area (Å²) in [5, 5.41) is 10.2. The molecule has 0 atom stereocenters. The van der Waals surface area contributed by atoms with Gasteiger partial charge in [-0.3, -0.25) is 10.2 Å². The highest BCUT2D eigenvalue weighted by molar-refractivity contribution is 5.77. The molecule has 0 bridgehead atoms. The molecular weight excluding hydrogens is 244 g/mol. The predicted molar refractivity (Wildman–Crippen MR) is 76.5 cm³/mol. The molecule has 0 heterocycles. The molecule has 0 aliphatic heterocycles. The van der Waals surface area contributed by atoms with Crippen LogP contribution in [-0.2, 0) is 14.3 Å². The van der Waals surface area contributed by atoms with E-state index in [1.165, 1.54) is 7.11 Å². The van der Waals surface area contributed by atoms with E-state index in [9.17, 15) is 4.79 Å². The number of hydrogen-bond acceptors (Lipinski definition) is 4. The second-order valence-corrected chi connectivity index (χ2v) is 4.85. The van der Waals surface area contributed by atoms with Gasteiger partial charge < -0.3 is 14.8 Å². The fraction of sp³-hybridized carbons (Fsp3) is 0.857. The Hall–Kier alpha value is -1.10. The van der Waals surface area contributed by atoms with Crippen molar-refractivity contribution < 1.29 is 14.3 Å². The molecule has 5 nitrogen and oxygen atoms in total. The maximum absolute atomic E-state index is 11.3. The van der Waals surface area contributed by atoms with Crippen molar-refractivity contribution in [1.82, 2.24) is 5.32 Å². The number of amides is 1. The molecule has 0 saturated carbocycles. The maximum Gasteiger partial charge on any atom is 0.246 e. The molecule has 0 aromatic carbocycles. The van der Waals surface area contributed by atoms with E-state index in [2.05, 4.69) is 5.32 Å². The van der Waals surface area contributed by atoms with E-state index in [1.54, 1.807) is 0 Å². The summed E-state index contributed by atoms with van der Waals surface area (Å²) in [5.41, 5.74) is 0. The van der Waals surface area contributed by atoms with Crippen molar-refractivity contribution in [1.29, 1.82) is 5.41 Å². The zero-order valence-corrected chi connectivity index (χ0v) is 12.5. The highest BCUT2D eigenvalue weighted by Gasteiger charge is 2.02. The van der Waals surface area contributed by atoms with E-state index in [0.717, 1.165) is 38.5 Å². The minimum atomic E-state index is -0.0396. The summed E-state index contributed by atoms with van der Waals surface area (Å²) in [6.45, 7) is 4.69. The zero-order valence-electron chi connectivity index (χ0n) is 12.5. The summed E-state index contributed by atoms with van der Waals surface area (Å²) in [6, 6.07) is 0. The highest BCUT2D eigenvalue weighted by atomic mass is 16.5. The van der Waals surface area contributed by atoms with E-state index in [0.29, 0.717) is 12.4 Å². The molecule has 0 rings (SSSR count). The average Bonchev–Trinajstić information content (AvgIpc) is 2.38. The Morgan fingerprint density at radius 1 is 1.16 bits per heavy atom. The lowest BCUT2D eigenvalue weighted by molar-refractivity contribution is -0.127. The van der Waals surface area contributed by atoms with Crippen LogP contribution in [-0.4, -0.2) is 38.2 Å². The van der Waals surface area contributed by atoms with Crippen LogP contribution in [0.15, 0.2) is 0 Å². The van der Waals surface area contributed by atoms with Crippen LogP contribution in [0.25, 0.3) is 0 Å². The van der Waals surface area contributed by atoms with Gasteiger partial charge in [0.25, 0.3) is 0 Å². The van der Waals surface area contributed by atoms with E-state index in [4.69, 9.17) is 14.9 Å². The summed E-state index contributed by atoms with van der Waals surface area (Å²) >= 11 is 0. The number of hydrogen-bond donors (Lipinski definition) is 2. The van der Waals surface area contributed by atoms with Crippen LogP contribution in [0.4, 0.5) is 0 Å². The minimum Gasteiger partial charge on any atom is -0.484 e. The van der Waals surface area contributed by atoms with E-state index in [1.807, 2.05) is 13.8 Å². The quantitative estimate of drug-likeness (QED) is 0.345. The van der Waals surface area contributed by atoms with Crippen LogP contribution >= 0.6 is 0 Å². The number of unbranched alkanes of at least 4 members (excludes halogenated alkanes) is 4. The second kappa shape index (κ2) is 12.0. The van der Waals surface area contributed by atoms with Crippen molar-refractivity contribution in [2.24, 2.45) is 0 Å². The molecule has 0 radical (unpaired) electrons. The standard InChI is InChI=1S/C14H28N2O3/c1-12(2)19-11-14(17)16-10-8-6-4-5-7-9-13(15)18-3/h12,15H,4-11H2,1-3H3,(H,16,17). The number of ether oxygens (including phenoxy) is 2. The molecule has 0 aromatic heterocycles. The minimum absolute atomic E-state index is 0.0396. The molecule has 5 heteroatoms. The van der Waals surface area contributed by atoms with Gasteiger partial charge in [-0.25, -0.2) is 0 Å². The molecule has 0 aliphatic rings. The number of carbonyl (C=O) groups excluding carboxylic acids is 1. The Kier molecular flexibility index (Phi) is 11.3. The lowest BCUT2D eigenvalue weighted by atomic mass is 10.1. The highest BCUT2D eigenvalue weighted by Crippen LogP contribution is 2.05. The van der Waals surface area contributed by atoms with Gasteiger partial charge in [-0.1, -0.05) is 19.3 Å². The van der Waals surface area contributed by atoms with Gasteiger partial charge in [-0.2, -0.15) is 0 Å². The Balaban J connectivity index is 3.22. The first-order valence-corrected chi connectivity index (χ1v) is 7.06. The van der Waals surface area contributed by atoms with Gasteiger partial charge in [0.15, 0.2) is 5.90 Å². The Morgan fingerprint density at radius 3 is 2.42 bits per heavy atom. The molecule has 0 fully saturated rings. The molecule has 112 valence electrons. The number of methoxy groups -OCH3 is 1. The fourth-order valence-electron chi connectivity index (χ4n) is 1.56. The second-order valence-electron chi connectivity index (χ2n) is 4.85. The third-order valence-electron chi connectivity index (χ3n) is 2.70. The van der Waals surface area contributed by atoms with Crippen LogP contribution in [0.2, 0.25) is 0 Å². The molecule has 0 saturated heterocycles. The van der Waals surface area contributed by atoms with Gasteiger partial charge in [-0.15, -0.1) is 0 Å². The van der Waals surface area contributed by atoms with Gasteiger partial charge in [0, 0.05) is 13.0 Å². The smallest absolute Gasteiger partial charge is 0.246 e. The lowest BCUT2D eigenvalue weighted by Gasteiger charge is -2.08. The number of carbonyl (C=O) groups is 1.